The topological polar surface area (TPSA) is 12.0 Å². The number of benzene rings is 1. The van der Waals surface area contributed by atoms with Gasteiger partial charge in [-0.3, -0.25) is 0 Å². The summed E-state index contributed by atoms with van der Waals surface area (Å²) >= 11 is 3.48. The monoisotopic (exact) mass is 297 g/mol. The normalized spacial score (nSPS) is 12.1. The minimum atomic E-state index is 0.0449. The second-order valence-corrected chi connectivity index (χ2v) is 6.11. The molecule has 0 heterocycles. The summed E-state index contributed by atoms with van der Waals surface area (Å²) in [6, 6.07) is 8.58. The summed E-state index contributed by atoms with van der Waals surface area (Å²) in [5.41, 5.74) is 1.38. The molecular weight excluding hydrogens is 274 g/mol. The van der Waals surface area contributed by atoms with Crippen LogP contribution in [-0.2, 0) is 5.54 Å². The molecule has 0 amide bonds. The fraction of sp³-hybridized carbons (Fsp3) is 0.600. The second kappa shape index (κ2) is 6.55. The molecule has 0 aromatic heterocycles. The van der Waals surface area contributed by atoms with Crippen LogP contribution in [0, 0.1) is 5.92 Å². The molecule has 17 heavy (non-hydrogen) atoms. The largest absolute Gasteiger partial charge is 0.308 e. The third kappa shape index (κ3) is 4.44. The maximum absolute atomic E-state index is 3.68. The van der Waals surface area contributed by atoms with Gasteiger partial charge in [-0.15, -0.1) is 0 Å². The average Bonchev–Trinajstić information content (AvgIpc) is 2.31. The van der Waals surface area contributed by atoms with Gasteiger partial charge >= 0.3 is 0 Å². The Labute approximate surface area is 114 Å². The molecule has 1 aromatic rings. The Kier molecular flexibility index (Phi) is 5.68. The highest BCUT2D eigenvalue weighted by Crippen LogP contribution is 2.22. The lowest BCUT2D eigenvalue weighted by molar-refractivity contribution is 0.344. The van der Waals surface area contributed by atoms with Gasteiger partial charge in [0.25, 0.3) is 0 Å². The van der Waals surface area contributed by atoms with Crippen LogP contribution in [0.4, 0.5) is 0 Å². The minimum absolute atomic E-state index is 0.0449. The fourth-order valence-corrected chi connectivity index (χ4v) is 2.21. The third-order valence-corrected chi connectivity index (χ3v) is 4.08. The van der Waals surface area contributed by atoms with E-state index in [1.165, 1.54) is 18.4 Å². The SMILES string of the molecule is CCC(CC)CNC(C)(C)c1ccc(Br)cc1. The summed E-state index contributed by atoms with van der Waals surface area (Å²) in [4.78, 5) is 0. The van der Waals surface area contributed by atoms with Crippen LogP contribution in [-0.4, -0.2) is 6.54 Å². The van der Waals surface area contributed by atoms with Crippen molar-refractivity contribution in [3.05, 3.63) is 34.3 Å². The molecule has 0 unspecified atom stereocenters. The van der Waals surface area contributed by atoms with Crippen LogP contribution in [0.25, 0.3) is 0 Å². The van der Waals surface area contributed by atoms with Crippen molar-refractivity contribution in [1.82, 2.24) is 5.32 Å². The first-order valence-corrected chi connectivity index (χ1v) is 7.30. The first-order valence-electron chi connectivity index (χ1n) is 6.50. The average molecular weight is 298 g/mol. The van der Waals surface area contributed by atoms with E-state index in [-0.39, 0.29) is 5.54 Å². The van der Waals surface area contributed by atoms with Crippen molar-refractivity contribution in [2.45, 2.75) is 46.1 Å². The summed E-state index contributed by atoms with van der Waals surface area (Å²) in [6.07, 6.45) is 2.50. The molecule has 0 bridgehead atoms. The number of hydrogen-bond donors (Lipinski definition) is 1. The van der Waals surface area contributed by atoms with Crippen LogP contribution in [0.1, 0.15) is 46.1 Å². The lowest BCUT2D eigenvalue weighted by atomic mass is 9.93. The van der Waals surface area contributed by atoms with Gasteiger partial charge in [0.15, 0.2) is 0 Å². The van der Waals surface area contributed by atoms with E-state index in [1.54, 1.807) is 0 Å². The molecule has 0 saturated carbocycles. The summed E-state index contributed by atoms with van der Waals surface area (Å²) in [6.45, 7) is 10.1. The Morgan fingerprint density at radius 1 is 1.12 bits per heavy atom. The molecule has 0 fully saturated rings. The van der Waals surface area contributed by atoms with E-state index in [9.17, 15) is 0 Å². The molecule has 0 spiro atoms. The summed E-state index contributed by atoms with van der Waals surface area (Å²) in [5.74, 6) is 0.782. The lowest BCUT2D eigenvalue weighted by Gasteiger charge is -2.29. The highest BCUT2D eigenvalue weighted by molar-refractivity contribution is 9.10. The van der Waals surface area contributed by atoms with Gasteiger partial charge in [0, 0.05) is 10.0 Å². The second-order valence-electron chi connectivity index (χ2n) is 5.20. The van der Waals surface area contributed by atoms with Gasteiger partial charge in [-0.05, 0) is 44.0 Å². The molecule has 96 valence electrons. The van der Waals surface area contributed by atoms with E-state index in [1.807, 2.05) is 0 Å². The minimum Gasteiger partial charge on any atom is -0.308 e. The van der Waals surface area contributed by atoms with Crippen LogP contribution in [0.15, 0.2) is 28.7 Å². The Hall–Kier alpha value is -0.340. The maximum Gasteiger partial charge on any atom is 0.0377 e. The molecule has 0 atom stereocenters. The van der Waals surface area contributed by atoms with Crippen molar-refractivity contribution in [3.8, 4) is 0 Å². The highest BCUT2D eigenvalue weighted by Gasteiger charge is 2.20. The molecule has 0 aliphatic carbocycles. The van der Waals surface area contributed by atoms with Crippen molar-refractivity contribution >= 4 is 15.9 Å². The van der Waals surface area contributed by atoms with Crippen LogP contribution < -0.4 is 5.32 Å². The molecule has 2 heteroatoms. The molecular formula is C15H24BrN. The molecule has 0 aliphatic heterocycles. The van der Waals surface area contributed by atoms with E-state index >= 15 is 0 Å². The molecule has 1 nitrogen and oxygen atoms in total. The molecule has 1 N–H and O–H groups in total. The molecule has 0 aliphatic rings. The zero-order valence-corrected chi connectivity index (χ0v) is 13.0. The molecule has 1 aromatic carbocycles. The van der Waals surface area contributed by atoms with Crippen molar-refractivity contribution in [2.75, 3.05) is 6.54 Å². The molecule has 0 saturated heterocycles. The molecule has 1 rings (SSSR count). The predicted octanol–water partition coefficient (Wildman–Crippen LogP) is 4.71. The Morgan fingerprint density at radius 2 is 1.65 bits per heavy atom. The molecule has 0 radical (unpaired) electrons. The van der Waals surface area contributed by atoms with Gasteiger partial charge in [0.2, 0.25) is 0 Å². The van der Waals surface area contributed by atoms with E-state index in [4.69, 9.17) is 0 Å². The van der Waals surface area contributed by atoms with Gasteiger partial charge in [0.1, 0.15) is 0 Å². The van der Waals surface area contributed by atoms with E-state index in [0.717, 1.165) is 16.9 Å². The van der Waals surface area contributed by atoms with Crippen LogP contribution >= 0.6 is 15.9 Å². The maximum atomic E-state index is 3.68. The number of nitrogens with one attached hydrogen (secondary N) is 1. The number of rotatable bonds is 6. The van der Waals surface area contributed by atoms with Crippen LogP contribution in [0.2, 0.25) is 0 Å². The van der Waals surface area contributed by atoms with Gasteiger partial charge in [-0.25, -0.2) is 0 Å². The summed E-state index contributed by atoms with van der Waals surface area (Å²) in [5, 5.41) is 3.68. The number of hydrogen-bond acceptors (Lipinski definition) is 1. The van der Waals surface area contributed by atoms with Crippen molar-refractivity contribution in [2.24, 2.45) is 5.92 Å². The van der Waals surface area contributed by atoms with Crippen molar-refractivity contribution in [3.63, 3.8) is 0 Å². The Bertz CT molecular complexity index is 325. The lowest BCUT2D eigenvalue weighted by Crippen LogP contribution is -2.39. The van der Waals surface area contributed by atoms with E-state index in [0.29, 0.717) is 0 Å². The smallest absolute Gasteiger partial charge is 0.0377 e. The third-order valence-electron chi connectivity index (χ3n) is 3.55. The summed E-state index contributed by atoms with van der Waals surface area (Å²) < 4.78 is 1.14. The van der Waals surface area contributed by atoms with Gasteiger partial charge in [0.05, 0.1) is 0 Å². The van der Waals surface area contributed by atoms with Crippen molar-refractivity contribution in [1.29, 1.82) is 0 Å². The number of halogens is 1. The standard InChI is InChI=1S/C15H24BrN/c1-5-12(6-2)11-17-15(3,4)13-7-9-14(16)10-8-13/h7-10,12,17H,5-6,11H2,1-4H3. The van der Waals surface area contributed by atoms with Crippen LogP contribution in [0.5, 0.6) is 0 Å². The van der Waals surface area contributed by atoms with E-state index < -0.39 is 0 Å². The van der Waals surface area contributed by atoms with Gasteiger partial charge < -0.3 is 5.32 Å². The predicted molar refractivity (Wildman–Crippen MR) is 79.2 cm³/mol. The Balaban J connectivity index is 2.64. The highest BCUT2D eigenvalue weighted by atomic mass is 79.9. The first-order chi connectivity index (χ1) is 7.99. The fourth-order valence-electron chi connectivity index (χ4n) is 1.95. The zero-order chi connectivity index (χ0) is 12.9. The van der Waals surface area contributed by atoms with Gasteiger partial charge in [-0.2, -0.15) is 0 Å². The first kappa shape index (κ1) is 14.7. The van der Waals surface area contributed by atoms with Crippen molar-refractivity contribution < 1.29 is 0 Å². The Morgan fingerprint density at radius 3 is 2.12 bits per heavy atom. The van der Waals surface area contributed by atoms with Gasteiger partial charge in [-0.1, -0.05) is 54.8 Å². The summed E-state index contributed by atoms with van der Waals surface area (Å²) in [7, 11) is 0. The van der Waals surface area contributed by atoms with Crippen LogP contribution in [0.3, 0.4) is 0 Å². The van der Waals surface area contributed by atoms with E-state index in [2.05, 4.69) is 73.2 Å². The quantitative estimate of drug-likeness (QED) is 0.802. The zero-order valence-electron chi connectivity index (χ0n) is 11.4.